The van der Waals surface area contributed by atoms with Crippen molar-refractivity contribution in [3.63, 3.8) is 0 Å². The molecule has 0 N–H and O–H groups in total. The van der Waals surface area contributed by atoms with Crippen molar-refractivity contribution in [1.29, 1.82) is 0 Å². The summed E-state index contributed by atoms with van der Waals surface area (Å²) < 4.78 is 51.5. The van der Waals surface area contributed by atoms with Crippen molar-refractivity contribution < 1.29 is 94.6 Å². The van der Waals surface area contributed by atoms with Gasteiger partial charge in [0.1, 0.15) is 0 Å². The summed E-state index contributed by atoms with van der Waals surface area (Å²) in [5.41, 5.74) is 0. The molecule has 0 unspecified atom stereocenters. The molecule has 0 amide bonds. The molecule has 10 heteroatoms. The summed E-state index contributed by atoms with van der Waals surface area (Å²) in [6, 6.07) is 0. The molecule has 0 aliphatic rings. The smallest absolute Gasteiger partial charge is 2.00 e. The Hall–Kier alpha value is 1.99. The van der Waals surface area contributed by atoms with Crippen LogP contribution in [0.2, 0.25) is 0 Å². The number of hydrogen-bond donors (Lipinski definition) is 0. The van der Waals surface area contributed by atoms with Gasteiger partial charge in [-0.05, 0) is 0 Å². The zero-order valence-electron chi connectivity index (χ0n) is 4.47. The third-order valence-electron chi connectivity index (χ3n) is 0. The van der Waals surface area contributed by atoms with Gasteiger partial charge in [-0.2, -0.15) is 0 Å². The molecule has 0 aliphatic heterocycles. The van der Waals surface area contributed by atoms with Crippen LogP contribution in [-0.4, -0.2) is 0 Å². The first-order chi connectivity index (χ1) is 3.46. The first-order valence-corrected chi connectivity index (χ1v) is 5.05. The molecule has 0 fully saturated rings. The Morgan fingerprint density at radius 1 is 0.800 bits per heavy atom. The van der Waals surface area contributed by atoms with Gasteiger partial charge in [-0.15, -0.1) is 0 Å². The standard InChI is InChI=1S/Ni.6O.2Ti.Zn/q+2;;;4*-1;;;+2. The first-order valence-electron chi connectivity index (χ1n) is 1.22. The average Bonchev–Trinajstić information content (AvgIpc) is 1.25. The summed E-state index contributed by atoms with van der Waals surface area (Å²) in [6.45, 7) is 0. The largest absolute Gasteiger partial charge is 2.00 e. The minimum Gasteiger partial charge on any atom is 2.00 e. The summed E-state index contributed by atoms with van der Waals surface area (Å²) in [7, 11) is 0. The molecule has 6 nitrogen and oxygen atoms in total. The molecular formula is NiO6Ti2Zn. The molecule has 0 rings (SSSR count). The maximum Gasteiger partial charge on any atom is 2.00 e. The third-order valence-corrected chi connectivity index (χ3v) is 0. The van der Waals surface area contributed by atoms with E-state index in [2.05, 4.69) is 0 Å². The van der Waals surface area contributed by atoms with Crippen LogP contribution in [0.15, 0.2) is 0 Å². The summed E-state index contributed by atoms with van der Waals surface area (Å²) in [6.07, 6.45) is 0. The molecule has 0 spiro atoms. The van der Waals surface area contributed by atoms with Crippen LogP contribution in [0.3, 0.4) is 0 Å². The van der Waals surface area contributed by atoms with E-state index in [1.54, 1.807) is 0 Å². The predicted octanol–water partition coefficient (Wildman–Crippen LogP) is -5.00. The van der Waals surface area contributed by atoms with E-state index in [1.165, 1.54) is 0 Å². The fourth-order valence-electron chi connectivity index (χ4n) is 0. The molecule has 56 valence electrons. The molecule has 0 aromatic carbocycles. The molecule has 0 radical (unpaired) electrons. The van der Waals surface area contributed by atoms with Crippen molar-refractivity contribution in [1.82, 2.24) is 0 Å². The Morgan fingerprint density at radius 3 is 0.800 bits per heavy atom. The molecule has 0 saturated heterocycles. The summed E-state index contributed by atoms with van der Waals surface area (Å²) >= 11 is -8.17. The van der Waals surface area contributed by atoms with Crippen molar-refractivity contribution >= 4 is 0 Å². The second-order valence-electron chi connectivity index (χ2n) is 0.500. The van der Waals surface area contributed by atoms with E-state index in [-0.39, 0.29) is 36.0 Å². The van der Waals surface area contributed by atoms with E-state index < -0.39 is 37.2 Å². The van der Waals surface area contributed by atoms with Crippen LogP contribution in [0.1, 0.15) is 0 Å². The Balaban J connectivity index is -0.0000000300. The van der Waals surface area contributed by atoms with E-state index in [4.69, 9.17) is 21.4 Å². The van der Waals surface area contributed by atoms with Crippen LogP contribution in [0.5, 0.6) is 0 Å². The van der Waals surface area contributed by atoms with Crippen LogP contribution in [0.25, 0.3) is 0 Å². The fraction of sp³-hybridized carbons (Fsp3) is 0. The minimum atomic E-state index is -4.08. The van der Waals surface area contributed by atoms with Crippen LogP contribution in [0.4, 0.5) is 0 Å². The topological polar surface area (TPSA) is 126 Å². The second kappa shape index (κ2) is 17.2. The zero-order chi connectivity index (χ0) is 7.15. The van der Waals surface area contributed by atoms with Crippen LogP contribution >= 0.6 is 0 Å². The van der Waals surface area contributed by atoms with Gasteiger partial charge in [-0.25, -0.2) is 0 Å². The summed E-state index contributed by atoms with van der Waals surface area (Å²) in [5.74, 6) is 0. The van der Waals surface area contributed by atoms with Crippen molar-refractivity contribution in [2.75, 3.05) is 0 Å². The summed E-state index contributed by atoms with van der Waals surface area (Å²) in [5, 5.41) is 0. The molecule has 0 saturated carbocycles. The Morgan fingerprint density at radius 2 is 0.800 bits per heavy atom. The van der Waals surface area contributed by atoms with Gasteiger partial charge < -0.3 is 0 Å². The van der Waals surface area contributed by atoms with Gasteiger partial charge >= 0.3 is 94.6 Å². The molecule has 10 heavy (non-hydrogen) atoms. The molecule has 0 bridgehead atoms. The van der Waals surface area contributed by atoms with Crippen LogP contribution < -0.4 is 14.8 Å². The Labute approximate surface area is 93.5 Å². The van der Waals surface area contributed by atoms with E-state index in [0.29, 0.717) is 0 Å². The molecule has 0 aromatic heterocycles. The first kappa shape index (κ1) is 22.7. The molecule has 0 aromatic rings. The Bertz CT molecular complexity index is 73.7. The number of hydrogen-bond acceptors (Lipinski definition) is 6. The van der Waals surface area contributed by atoms with Crippen LogP contribution in [0, 0.1) is 0 Å². The molecule has 0 atom stereocenters. The summed E-state index contributed by atoms with van der Waals surface area (Å²) in [4.78, 5) is 0. The maximum atomic E-state index is 8.58. The van der Waals surface area contributed by atoms with E-state index in [9.17, 15) is 0 Å². The third kappa shape index (κ3) is 205. The van der Waals surface area contributed by atoms with Crippen molar-refractivity contribution in [3.05, 3.63) is 0 Å². The van der Waals surface area contributed by atoms with E-state index >= 15 is 0 Å². The SMILES string of the molecule is [Ni+2].[O]=[Ti]([O-])[O-].[O]=[Ti]([O-])[O-].[Zn+2]. The van der Waals surface area contributed by atoms with Gasteiger partial charge in [0, 0.05) is 0 Å². The normalized spacial score (nSPS) is 5.20. The molecule has 0 aliphatic carbocycles. The van der Waals surface area contributed by atoms with E-state index in [0.717, 1.165) is 0 Å². The average molecular weight is 316 g/mol. The molecular weight excluding hydrogens is 316 g/mol. The van der Waals surface area contributed by atoms with Gasteiger partial charge in [0.15, 0.2) is 0 Å². The van der Waals surface area contributed by atoms with Gasteiger partial charge in [0.05, 0.1) is 0 Å². The van der Waals surface area contributed by atoms with Crippen molar-refractivity contribution in [2.24, 2.45) is 0 Å². The Kier molecular flexibility index (Phi) is 39.0. The van der Waals surface area contributed by atoms with Gasteiger partial charge in [-0.1, -0.05) is 0 Å². The van der Waals surface area contributed by atoms with Crippen LogP contribution in [-0.2, 0) is 79.9 Å². The quantitative estimate of drug-likeness (QED) is 0.412. The molecule has 0 heterocycles. The fourth-order valence-corrected chi connectivity index (χ4v) is 0. The number of rotatable bonds is 0. The van der Waals surface area contributed by atoms with Gasteiger partial charge in [0.25, 0.3) is 0 Å². The monoisotopic (exact) mass is 314 g/mol. The minimum absolute atomic E-state index is 0. The van der Waals surface area contributed by atoms with Crippen molar-refractivity contribution in [3.8, 4) is 0 Å². The van der Waals surface area contributed by atoms with Crippen molar-refractivity contribution in [2.45, 2.75) is 0 Å². The maximum absolute atomic E-state index is 8.58. The van der Waals surface area contributed by atoms with Gasteiger partial charge in [-0.3, -0.25) is 0 Å². The van der Waals surface area contributed by atoms with E-state index in [1.807, 2.05) is 0 Å². The van der Waals surface area contributed by atoms with Gasteiger partial charge in [0.2, 0.25) is 0 Å². The predicted molar refractivity (Wildman–Crippen MR) is 1.37 cm³/mol. The zero-order valence-corrected chi connectivity index (χ0v) is 11.6. The second-order valence-corrected chi connectivity index (χ2v) is 2.06.